The zero-order valence-electron chi connectivity index (χ0n) is 10.0. The van der Waals surface area contributed by atoms with Gasteiger partial charge in [0.25, 0.3) is 9.05 Å². The average Bonchev–Trinajstić information content (AvgIpc) is 2.80. The highest BCUT2D eigenvalue weighted by Crippen LogP contribution is 2.29. The second-order valence-corrected chi connectivity index (χ2v) is 7.50. The Morgan fingerprint density at radius 1 is 1.26 bits per heavy atom. The van der Waals surface area contributed by atoms with Crippen molar-refractivity contribution >= 4 is 42.9 Å². The number of hydrogen-bond acceptors (Lipinski definition) is 3. The van der Waals surface area contributed by atoms with Crippen molar-refractivity contribution in [1.29, 1.82) is 0 Å². The normalized spacial score (nSPS) is 16.5. The van der Waals surface area contributed by atoms with Crippen LogP contribution in [0.3, 0.4) is 0 Å². The van der Waals surface area contributed by atoms with Crippen molar-refractivity contribution in [3.63, 3.8) is 0 Å². The Morgan fingerprint density at radius 2 is 1.89 bits per heavy atom. The molecule has 0 radical (unpaired) electrons. The van der Waals surface area contributed by atoms with E-state index < -0.39 is 9.05 Å². The van der Waals surface area contributed by atoms with Crippen LogP contribution in [0.15, 0.2) is 23.1 Å². The van der Waals surface area contributed by atoms with Crippen LogP contribution in [-0.4, -0.2) is 14.3 Å². The molecule has 1 saturated carbocycles. The topological polar surface area (TPSA) is 63.2 Å². The molecule has 2 rings (SSSR count). The van der Waals surface area contributed by atoms with E-state index >= 15 is 0 Å². The molecule has 1 aromatic carbocycles. The zero-order chi connectivity index (χ0) is 14.0. The highest BCUT2D eigenvalue weighted by Gasteiger charge is 2.23. The van der Waals surface area contributed by atoms with Crippen molar-refractivity contribution in [3.05, 3.63) is 23.2 Å². The van der Waals surface area contributed by atoms with Gasteiger partial charge in [-0.3, -0.25) is 4.79 Å². The third-order valence-electron chi connectivity index (χ3n) is 3.19. The molecule has 1 amide bonds. The molecule has 1 fully saturated rings. The molecule has 1 N–H and O–H groups in total. The highest BCUT2D eigenvalue weighted by molar-refractivity contribution is 8.13. The van der Waals surface area contributed by atoms with Gasteiger partial charge in [-0.2, -0.15) is 0 Å². The summed E-state index contributed by atoms with van der Waals surface area (Å²) in [6.07, 6.45) is 3.94. The second-order valence-electron chi connectivity index (χ2n) is 4.55. The Bertz CT molecular complexity index is 595. The number of carbonyl (C=O) groups excluding carboxylic acids is 1. The minimum absolute atomic E-state index is 0.000720. The minimum atomic E-state index is -3.87. The number of hydrogen-bond donors (Lipinski definition) is 1. The van der Waals surface area contributed by atoms with E-state index in [1.807, 2.05) is 0 Å². The van der Waals surface area contributed by atoms with Gasteiger partial charge >= 0.3 is 0 Å². The Morgan fingerprint density at radius 3 is 2.42 bits per heavy atom. The van der Waals surface area contributed by atoms with E-state index in [4.69, 9.17) is 22.3 Å². The van der Waals surface area contributed by atoms with Gasteiger partial charge in [-0.05, 0) is 31.0 Å². The van der Waals surface area contributed by atoms with Gasteiger partial charge in [0, 0.05) is 22.3 Å². The molecule has 4 nitrogen and oxygen atoms in total. The molecule has 0 aromatic heterocycles. The fourth-order valence-electron chi connectivity index (χ4n) is 2.21. The van der Waals surface area contributed by atoms with Gasteiger partial charge < -0.3 is 5.32 Å². The van der Waals surface area contributed by atoms with Crippen LogP contribution < -0.4 is 5.32 Å². The van der Waals surface area contributed by atoms with Crippen LogP contribution in [0.5, 0.6) is 0 Å². The van der Waals surface area contributed by atoms with Crippen LogP contribution in [0.2, 0.25) is 5.02 Å². The van der Waals surface area contributed by atoms with E-state index in [2.05, 4.69) is 5.32 Å². The van der Waals surface area contributed by atoms with Crippen LogP contribution in [0.1, 0.15) is 25.7 Å². The van der Waals surface area contributed by atoms with Crippen LogP contribution in [0, 0.1) is 5.92 Å². The van der Waals surface area contributed by atoms with E-state index in [1.54, 1.807) is 0 Å². The minimum Gasteiger partial charge on any atom is -0.326 e. The van der Waals surface area contributed by atoms with Gasteiger partial charge in [0.05, 0.1) is 5.02 Å². The zero-order valence-corrected chi connectivity index (χ0v) is 12.4. The number of nitrogens with one attached hydrogen (secondary N) is 1. The molecule has 1 aromatic rings. The van der Waals surface area contributed by atoms with Crippen molar-refractivity contribution < 1.29 is 13.2 Å². The van der Waals surface area contributed by atoms with E-state index in [1.165, 1.54) is 18.2 Å². The summed E-state index contributed by atoms with van der Waals surface area (Å²) in [4.78, 5) is 11.8. The summed E-state index contributed by atoms with van der Waals surface area (Å²) in [5.74, 6) is -0.00902. The number of anilines is 1. The molecule has 0 bridgehead atoms. The van der Waals surface area contributed by atoms with Gasteiger partial charge in [0.2, 0.25) is 5.91 Å². The van der Waals surface area contributed by atoms with E-state index in [0.717, 1.165) is 25.7 Å². The molecular formula is C12H13Cl2NO3S. The van der Waals surface area contributed by atoms with Crippen LogP contribution in [-0.2, 0) is 13.8 Å². The van der Waals surface area contributed by atoms with Gasteiger partial charge in [0.15, 0.2) is 0 Å². The molecule has 0 atom stereocenters. The lowest BCUT2D eigenvalue weighted by Crippen LogP contribution is -2.20. The lowest BCUT2D eigenvalue weighted by atomic mass is 10.1. The molecule has 0 spiro atoms. The fraction of sp³-hybridized carbons (Fsp3) is 0.417. The monoisotopic (exact) mass is 321 g/mol. The SMILES string of the molecule is O=C(Nc1ccc(S(=O)(=O)Cl)c(Cl)c1)C1CCCC1. The number of amides is 1. The number of benzene rings is 1. The molecule has 19 heavy (non-hydrogen) atoms. The average molecular weight is 322 g/mol. The summed E-state index contributed by atoms with van der Waals surface area (Å²) in [5.41, 5.74) is 0.478. The fourth-order valence-corrected chi connectivity index (χ4v) is 3.74. The maximum Gasteiger partial charge on any atom is 0.262 e. The molecule has 0 saturated heterocycles. The molecule has 1 aliphatic carbocycles. The first kappa shape index (κ1) is 14.6. The quantitative estimate of drug-likeness (QED) is 0.868. The second kappa shape index (κ2) is 5.69. The van der Waals surface area contributed by atoms with Crippen LogP contribution in [0.25, 0.3) is 0 Å². The lowest BCUT2D eigenvalue weighted by molar-refractivity contribution is -0.119. The van der Waals surface area contributed by atoms with E-state index in [9.17, 15) is 13.2 Å². The first-order valence-corrected chi connectivity index (χ1v) is 8.62. The standard InChI is InChI=1S/C12H13Cl2NO3S/c13-10-7-9(5-6-11(10)19(14,17)18)15-12(16)8-3-1-2-4-8/h5-8H,1-4H2,(H,15,16). The summed E-state index contributed by atoms with van der Waals surface area (Å²) in [7, 11) is 1.36. The van der Waals surface area contributed by atoms with Gasteiger partial charge in [0.1, 0.15) is 4.90 Å². The van der Waals surface area contributed by atoms with Crippen LogP contribution in [0.4, 0.5) is 5.69 Å². The summed E-state index contributed by atoms with van der Waals surface area (Å²) < 4.78 is 22.4. The van der Waals surface area contributed by atoms with Gasteiger partial charge in [-0.1, -0.05) is 24.4 Å². The Hall–Kier alpha value is -0.780. The number of halogens is 2. The molecule has 1 aliphatic rings. The van der Waals surface area contributed by atoms with E-state index in [-0.39, 0.29) is 21.7 Å². The van der Waals surface area contributed by atoms with Gasteiger partial charge in [-0.15, -0.1) is 0 Å². The summed E-state index contributed by atoms with van der Waals surface area (Å²) in [6, 6.07) is 4.16. The Balaban J connectivity index is 2.14. The smallest absolute Gasteiger partial charge is 0.262 e. The first-order chi connectivity index (χ1) is 8.88. The molecule has 7 heteroatoms. The summed E-state index contributed by atoms with van der Waals surface area (Å²) in [5, 5.41) is 2.74. The van der Waals surface area contributed by atoms with Crippen molar-refractivity contribution in [2.45, 2.75) is 30.6 Å². The largest absolute Gasteiger partial charge is 0.326 e. The maximum absolute atomic E-state index is 11.9. The van der Waals surface area contributed by atoms with Crippen LogP contribution >= 0.6 is 22.3 Å². The predicted molar refractivity (Wildman–Crippen MR) is 75.1 cm³/mol. The molecule has 0 unspecified atom stereocenters. The highest BCUT2D eigenvalue weighted by atomic mass is 35.7. The molecule has 0 heterocycles. The van der Waals surface area contributed by atoms with Crippen molar-refractivity contribution in [2.24, 2.45) is 5.92 Å². The Labute approximate surface area is 121 Å². The molecule has 0 aliphatic heterocycles. The number of rotatable bonds is 3. The summed E-state index contributed by atoms with van der Waals surface area (Å²) >= 11 is 5.84. The Kier molecular flexibility index (Phi) is 4.38. The third-order valence-corrected chi connectivity index (χ3v) is 4.99. The third kappa shape index (κ3) is 3.61. The van der Waals surface area contributed by atoms with E-state index in [0.29, 0.717) is 5.69 Å². The van der Waals surface area contributed by atoms with Crippen molar-refractivity contribution in [1.82, 2.24) is 0 Å². The lowest BCUT2D eigenvalue weighted by Gasteiger charge is -2.11. The van der Waals surface area contributed by atoms with Crippen molar-refractivity contribution in [2.75, 3.05) is 5.32 Å². The van der Waals surface area contributed by atoms with Crippen molar-refractivity contribution in [3.8, 4) is 0 Å². The first-order valence-electron chi connectivity index (χ1n) is 5.93. The number of carbonyl (C=O) groups is 1. The maximum atomic E-state index is 11.9. The predicted octanol–water partition coefficient (Wildman–Crippen LogP) is 3.40. The summed E-state index contributed by atoms with van der Waals surface area (Å²) in [6.45, 7) is 0. The molecule has 104 valence electrons. The molecular weight excluding hydrogens is 309 g/mol. The van der Waals surface area contributed by atoms with Gasteiger partial charge in [-0.25, -0.2) is 8.42 Å².